The summed E-state index contributed by atoms with van der Waals surface area (Å²) in [5, 5.41) is 3.00. The van der Waals surface area contributed by atoms with E-state index in [1.807, 2.05) is 19.1 Å². The van der Waals surface area contributed by atoms with Gasteiger partial charge in [-0.3, -0.25) is 4.79 Å². The van der Waals surface area contributed by atoms with Crippen LogP contribution in [0.1, 0.15) is 47.7 Å². The van der Waals surface area contributed by atoms with Gasteiger partial charge in [0, 0.05) is 18.0 Å². The number of carbonyl (C=O) groups is 1. The molecule has 1 aromatic rings. The Hall–Kier alpha value is -1.42. The summed E-state index contributed by atoms with van der Waals surface area (Å²) in [5.74, 6) is -0.0298. The molecule has 1 atom stereocenters. The van der Waals surface area contributed by atoms with Crippen LogP contribution in [0.5, 0.6) is 0 Å². The van der Waals surface area contributed by atoms with Gasteiger partial charge in [0.1, 0.15) is 0 Å². The number of rotatable bonds is 5. The molecular weight excluding hydrogens is 256 g/mol. The van der Waals surface area contributed by atoms with E-state index in [1.54, 1.807) is 0 Å². The Morgan fingerprint density at radius 2 is 2.16 bits per heavy atom. The monoisotopic (exact) mass is 276 g/mol. The van der Waals surface area contributed by atoms with Gasteiger partial charge in [0.05, 0.1) is 4.99 Å². The summed E-state index contributed by atoms with van der Waals surface area (Å²) < 4.78 is 0. The van der Waals surface area contributed by atoms with Crippen LogP contribution in [0.4, 0.5) is 0 Å². The summed E-state index contributed by atoms with van der Waals surface area (Å²) in [6.45, 7) is 2.02. The minimum absolute atomic E-state index is 0.0262. The summed E-state index contributed by atoms with van der Waals surface area (Å²) in [6.07, 6.45) is 4.80. The number of aryl methyl sites for hydroxylation is 2. The van der Waals surface area contributed by atoms with Crippen molar-refractivity contribution in [3.8, 4) is 0 Å². The Balaban J connectivity index is 2.05. The number of hydrogen-bond acceptors (Lipinski definition) is 2. The Morgan fingerprint density at radius 1 is 1.42 bits per heavy atom. The molecule has 0 bridgehead atoms. The SMILES string of the molecule is CCC(CC(N)=S)NC(=O)c1ccc2c(c1)CCC2. The first-order valence-corrected chi connectivity index (χ1v) is 7.22. The van der Waals surface area contributed by atoms with E-state index >= 15 is 0 Å². The summed E-state index contributed by atoms with van der Waals surface area (Å²) in [4.78, 5) is 12.6. The molecule has 1 aliphatic rings. The average Bonchev–Trinajstić information content (AvgIpc) is 2.84. The molecule has 1 amide bonds. The van der Waals surface area contributed by atoms with Gasteiger partial charge in [-0.2, -0.15) is 0 Å². The smallest absolute Gasteiger partial charge is 0.251 e. The zero-order valence-corrected chi connectivity index (χ0v) is 12.1. The van der Waals surface area contributed by atoms with Crippen LogP contribution in [0.25, 0.3) is 0 Å². The molecule has 3 nitrogen and oxygen atoms in total. The Kier molecular flexibility index (Phi) is 4.53. The lowest BCUT2D eigenvalue weighted by atomic mass is 10.0. The second kappa shape index (κ2) is 6.15. The van der Waals surface area contributed by atoms with Crippen molar-refractivity contribution in [3.05, 3.63) is 34.9 Å². The number of nitrogens with one attached hydrogen (secondary N) is 1. The maximum atomic E-state index is 12.2. The molecule has 1 aromatic carbocycles. The summed E-state index contributed by atoms with van der Waals surface area (Å²) in [5.41, 5.74) is 8.97. The normalized spacial score (nSPS) is 14.8. The molecule has 0 saturated heterocycles. The molecule has 0 radical (unpaired) electrons. The third kappa shape index (κ3) is 3.53. The van der Waals surface area contributed by atoms with Crippen molar-refractivity contribution in [2.45, 2.75) is 45.1 Å². The number of benzene rings is 1. The van der Waals surface area contributed by atoms with Crippen LogP contribution >= 0.6 is 12.2 Å². The van der Waals surface area contributed by atoms with Crippen molar-refractivity contribution in [3.63, 3.8) is 0 Å². The predicted molar refractivity (Wildman–Crippen MR) is 81.4 cm³/mol. The highest BCUT2D eigenvalue weighted by atomic mass is 32.1. The highest BCUT2D eigenvalue weighted by Crippen LogP contribution is 2.22. The molecule has 0 fully saturated rings. The standard InChI is InChI=1S/C15H20N2OS/c1-2-13(9-14(16)19)17-15(18)12-7-6-10-4-3-5-11(10)8-12/h6-8,13H,2-5,9H2,1H3,(H2,16,19)(H,17,18). The van der Waals surface area contributed by atoms with Gasteiger partial charge < -0.3 is 11.1 Å². The zero-order valence-electron chi connectivity index (χ0n) is 11.2. The van der Waals surface area contributed by atoms with E-state index in [0.717, 1.165) is 24.8 Å². The van der Waals surface area contributed by atoms with Crippen LogP contribution in [0.2, 0.25) is 0 Å². The molecule has 102 valence electrons. The summed E-state index contributed by atoms with van der Waals surface area (Å²) in [7, 11) is 0. The van der Waals surface area contributed by atoms with E-state index in [-0.39, 0.29) is 11.9 Å². The molecule has 0 spiro atoms. The third-order valence-corrected chi connectivity index (χ3v) is 3.80. The van der Waals surface area contributed by atoms with E-state index in [2.05, 4.69) is 11.4 Å². The second-order valence-corrected chi connectivity index (χ2v) is 5.61. The van der Waals surface area contributed by atoms with E-state index in [9.17, 15) is 4.79 Å². The predicted octanol–water partition coefficient (Wildman–Crippen LogP) is 2.36. The molecule has 4 heteroatoms. The van der Waals surface area contributed by atoms with E-state index in [0.29, 0.717) is 11.4 Å². The molecule has 0 aliphatic heterocycles. The number of thiocarbonyl (C=S) groups is 1. The quantitative estimate of drug-likeness (QED) is 0.812. The van der Waals surface area contributed by atoms with Gasteiger partial charge in [0.25, 0.3) is 5.91 Å². The van der Waals surface area contributed by atoms with Crippen LogP contribution in [0.15, 0.2) is 18.2 Å². The fourth-order valence-corrected chi connectivity index (χ4v) is 2.72. The topological polar surface area (TPSA) is 55.1 Å². The highest BCUT2D eigenvalue weighted by molar-refractivity contribution is 7.80. The lowest BCUT2D eigenvalue weighted by Gasteiger charge is -2.16. The number of amides is 1. The van der Waals surface area contributed by atoms with E-state index in [4.69, 9.17) is 18.0 Å². The second-order valence-electron chi connectivity index (χ2n) is 5.09. The fourth-order valence-electron chi connectivity index (χ4n) is 2.52. The van der Waals surface area contributed by atoms with Crippen molar-refractivity contribution < 1.29 is 4.79 Å². The Morgan fingerprint density at radius 3 is 2.84 bits per heavy atom. The minimum Gasteiger partial charge on any atom is -0.393 e. The van der Waals surface area contributed by atoms with Crippen molar-refractivity contribution in [2.75, 3.05) is 0 Å². The molecule has 2 rings (SSSR count). The van der Waals surface area contributed by atoms with Crippen LogP contribution in [-0.2, 0) is 12.8 Å². The lowest BCUT2D eigenvalue weighted by Crippen LogP contribution is -2.37. The molecule has 19 heavy (non-hydrogen) atoms. The largest absolute Gasteiger partial charge is 0.393 e. The van der Waals surface area contributed by atoms with Crippen molar-refractivity contribution in [1.82, 2.24) is 5.32 Å². The van der Waals surface area contributed by atoms with Gasteiger partial charge in [-0.15, -0.1) is 0 Å². The van der Waals surface area contributed by atoms with Crippen LogP contribution in [0, 0.1) is 0 Å². The molecule has 0 saturated carbocycles. The van der Waals surface area contributed by atoms with Crippen LogP contribution < -0.4 is 11.1 Å². The van der Waals surface area contributed by atoms with Crippen molar-refractivity contribution >= 4 is 23.1 Å². The first kappa shape index (κ1) is 14.0. The molecule has 3 N–H and O–H groups in total. The van der Waals surface area contributed by atoms with Gasteiger partial charge in [-0.25, -0.2) is 0 Å². The number of nitrogens with two attached hydrogens (primary N) is 1. The summed E-state index contributed by atoms with van der Waals surface area (Å²) in [6, 6.07) is 6.03. The van der Waals surface area contributed by atoms with Gasteiger partial charge in [0.2, 0.25) is 0 Å². The Labute approximate surface area is 119 Å². The van der Waals surface area contributed by atoms with Crippen LogP contribution in [0.3, 0.4) is 0 Å². The Bertz CT molecular complexity index is 499. The van der Waals surface area contributed by atoms with Crippen LogP contribution in [-0.4, -0.2) is 16.9 Å². The van der Waals surface area contributed by atoms with Gasteiger partial charge >= 0.3 is 0 Å². The van der Waals surface area contributed by atoms with Gasteiger partial charge in [-0.05, 0) is 48.9 Å². The molecule has 1 unspecified atom stereocenters. The van der Waals surface area contributed by atoms with E-state index in [1.165, 1.54) is 17.5 Å². The number of hydrogen-bond donors (Lipinski definition) is 2. The maximum Gasteiger partial charge on any atom is 0.251 e. The maximum absolute atomic E-state index is 12.2. The molecule has 1 aliphatic carbocycles. The first-order valence-electron chi connectivity index (χ1n) is 6.81. The molecule has 0 aromatic heterocycles. The first-order chi connectivity index (χ1) is 9.10. The highest BCUT2D eigenvalue weighted by Gasteiger charge is 2.16. The fraction of sp³-hybridized carbons (Fsp3) is 0.467. The number of carbonyl (C=O) groups excluding carboxylic acids is 1. The third-order valence-electron chi connectivity index (χ3n) is 3.64. The van der Waals surface area contributed by atoms with Crippen molar-refractivity contribution in [1.29, 1.82) is 0 Å². The molecule has 0 heterocycles. The minimum atomic E-state index is -0.0298. The van der Waals surface area contributed by atoms with Gasteiger partial charge in [0.15, 0.2) is 0 Å². The molecular formula is C15H20N2OS. The number of fused-ring (bicyclic) bond motifs is 1. The van der Waals surface area contributed by atoms with Crippen molar-refractivity contribution in [2.24, 2.45) is 5.73 Å². The summed E-state index contributed by atoms with van der Waals surface area (Å²) >= 11 is 4.90. The average molecular weight is 276 g/mol. The van der Waals surface area contributed by atoms with Gasteiger partial charge in [-0.1, -0.05) is 25.2 Å². The lowest BCUT2D eigenvalue weighted by molar-refractivity contribution is 0.0937. The zero-order chi connectivity index (χ0) is 13.8. The van der Waals surface area contributed by atoms with E-state index < -0.39 is 0 Å².